The van der Waals surface area contributed by atoms with Crippen LogP contribution in [-0.2, 0) is 6.67 Å². The van der Waals surface area contributed by atoms with Crippen LogP contribution in [0.2, 0.25) is 10.0 Å². The molecule has 1 aliphatic heterocycles. The van der Waals surface area contributed by atoms with Crippen molar-refractivity contribution in [2.45, 2.75) is 25.6 Å². The molecule has 1 aliphatic rings. The standard InChI is InChI=1S/C13H13Cl2N3OS/c14-9-7-16-18(13(19)12(9)15)8-17-5-1-3-10(17)11-4-2-6-20-11/h2,4,6-7,10H,1,3,5,8H2/t10-/m0/s1. The van der Waals surface area contributed by atoms with Gasteiger partial charge in [0.1, 0.15) is 5.02 Å². The quantitative estimate of drug-likeness (QED) is 0.866. The van der Waals surface area contributed by atoms with Gasteiger partial charge in [-0.25, -0.2) is 4.68 Å². The molecule has 3 heterocycles. The second-order valence-corrected chi connectivity index (χ2v) is 6.50. The zero-order chi connectivity index (χ0) is 14.1. The number of aromatic nitrogens is 2. The van der Waals surface area contributed by atoms with E-state index in [0.717, 1.165) is 19.4 Å². The molecule has 1 fully saturated rings. The molecule has 0 bridgehead atoms. The molecule has 0 radical (unpaired) electrons. The first-order valence-corrected chi connectivity index (χ1v) is 7.99. The van der Waals surface area contributed by atoms with Gasteiger partial charge in [-0.15, -0.1) is 11.3 Å². The molecular formula is C13H13Cl2N3OS. The second-order valence-electron chi connectivity index (χ2n) is 4.74. The Labute approximate surface area is 130 Å². The average molecular weight is 330 g/mol. The molecule has 106 valence electrons. The van der Waals surface area contributed by atoms with Gasteiger partial charge in [-0.2, -0.15) is 5.10 Å². The molecule has 2 aromatic rings. The van der Waals surface area contributed by atoms with E-state index >= 15 is 0 Å². The Balaban J connectivity index is 1.84. The third-order valence-corrected chi connectivity index (χ3v) is 5.22. The van der Waals surface area contributed by atoms with E-state index in [-0.39, 0.29) is 15.6 Å². The Morgan fingerprint density at radius 1 is 1.45 bits per heavy atom. The maximum Gasteiger partial charge on any atom is 0.288 e. The van der Waals surface area contributed by atoms with E-state index in [2.05, 4.69) is 27.5 Å². The molecule has 4 nitrogen and oxygen atoms in total. The molecule has 0 aromatic carbocycles. The van der Waals surface area contributed by atoms with Crippen LogP contribution in [0.15, 0.2) is 28.5 Å². The molecule has 0 saturated carbocycles. The fraction of sp³-hybridized carbons (Fsp3) is 0.385. The van der Waals surface area contributed by atoms with Gasteiger partial charge in [-0.1, -0.05) is 29.3 Å². The molecule has 0 spiro atoms. The van der Waals surface area contributed by atoms with Crippen LogP contribution in [0.4, 0.5) is 0 Å². The molecule has 1 saturated heterocycles. The Hall–Kier alpha value is -0.880. The van der Waals surface area contributed by atoms with Crippen LogP contribution >= 0.6 is 34.5 Å². The van der Waals surface area contributed by atoms with E-state index in [9.17, 15) is 4.79 Å². The molecule has 3 rings (SSSR count). The maximum atomic E-state index is 12.0. The summed E-state index contributed by atoms with van der Waals surface area (Å²) in [5, 5.41) is 6.38. The summed E-state index contributed by atoms with van der Waals surface area (Å²) < 4.78 is 1.38. The highest BCUT2D eigenvalue weighted by Gasteiger charge is 2.27. The third-order valence-electron chi connectivity index (χ3n) is 3.49. The predicted octanol–water partition coefficient (Wildman–Crippen LogP) is 3.41. The molecule has 20 heavy (non-hydrogen) atoms. The maximum absolute atomic E-state index is 12.0. The van der Waals surface area contributed by atoms with Crippen LogP contribution < -0.4 is 5.56 Å². The normalized spacial score (nSPS) is 19.6. The number of hydrogen-bond acceptors (Lipinski definition) is 4. The van der Waals surface area contributed by atoms with Crippen molar-refractivity contribution in [3.05, 3.63) is 49.0 Å². The molecule has 0 N–H and O–H groups in total. The van der Waals surface area contributed by atoms with Crippen molar-refractivity contribution in [3.8, 4) is 0 Å². The van der Waals surface area contributed by atoms with Gasteiger partial charge >= 0.3 is 0 Å². The zero-order valence-corrected chi connectivity index (χ0v) is 13.0. The largest absolute Gasteiger partial charge is 0.288 e. The van der Waals surface area contributed by atoms with Crippen LogP contribution in [0.3, 0.4) is 0 Å². The van der Waals surface area contributed by atoms with E-state index in [0.29, 0.717) is 12.7 Å². The number of rotatable bonds is 3. The van der Waals surface area contributed by atoms with Crippen molar-refractivity contribution < 1.29 is 0 Å². The minimum atomic E-state index is -0.337. The van der Waals surface area contributed by atoms with Crippen LogP contribution in [0, 0.1) is 0 Å². The summed E-state index contributed by atoms with van der Waals surface area (Å²) in [5.74, 6) is 0. The van der Waals surface area contributed by atoms with Crippen molar-refractivity contribution in [2.24, 2.45) is 0 Å². The predicted molar refractivity (Wildman–Crippen MR) is 81.5 cm³/mol. The van der Waals surface area contributed by atoms with Crippen molar-refractivity contribution in [1.82, 2.24) is 14.7 Å². The van der Waals surface area contributed by atoms with E-state index in [1.807, 2.05) is 0 Å². The number of halogens is 2. The molecular weight excluding hydrogens is 317 g/mol. The van der Waals surface area contributed by atoms with E-state index in [4.69, 9.17) is 23.2 Å². The molecule has 0 amide bonds. The lowest BCUT2D eigenvalue weighted by Crippen LogP contribution is -2.33. The third kappa shape index (κ3) is 2.63. The molecule has 2 aromatic heterocycles. The lowest BCUT2D eigenvalue weighted by molar-refractivity contribution is 0.189. The van der Waals surface area contributed by atoms with Crippen molar-refractivity contribution in [2.75, 3.05) is 6.54 Å². The smallest absolute Gasteiger partial charge is 0.276 e. The van der Waals surface area contributed by atoms with Crippen molar-refractivity contribution >= 4 is 34.5 Å². The van der Waals surface area contributed by atoms with Crippen LogP contribution in [-0.4, -0.2) is 21.2 Å². The fourth-order valence-corrected chi connectivity index (χ4v) is 3.68. The van der Waals surface area contributed by atoms with Crippen molar-refractivity contribution in [3.63, 3.8) is 0 Å². The van der Waals surface area contributed by atoms with Gasteiger partial charge in [-0.05, 0) is 24.3 Å². The zero-order valence-electron chi connectivity index (χ0n) is 10.6. The summed E-state index contributed by atoms with van der Waals surface area (Å²) in [7, 11) is 0. The van der Waals surface area contributed by atoms with E-state index < -0.39 is 0 Å². The number of hydrogen-bond donors (Lipinski definition) is 0. The number of likely N-dealkylation sites (tertiary alicyclic amines) is 1. The molecule has 0 unspecified atom stereocenters. The highest BCUT2D eigenvalue weighted by atomic mass is 35.5. The lowest BCUT2D eigenvalue weighted by Gasteiger charge is -2.23. The first-order valence-electron chi connectivity index (χ1n) is 6.35. The van der Waals surface area contributed by atoms with E-state index in [1.165, 1.54) is 15.8 Å². The van der Waals surface area contributed by atoms with Crippen molar-refractivity contribution in [1.29, 1.82) is 0 Å². The van der Waals surface area contributed by atoms with Crippen LogP contribution in [0.1, 0.15) is 23.8 Å². The fourth-order valence-electron chi connectivity index (χ4n) is 2.52. The van der Waals surface area contributed by atoms with Gasteiger partial charge in [0.25, 0.3) is 5.56 Å². The summed E-state index contributed by atoms with van der Waals surface area (Å²) in [6, 6.07) is 4.55. The second kappa shape index (κ2) is 5.85. The van der Waals surface area contributed by atoms with Gasteiger partial charge in [0.15, 0.2) is 0 Å². The van der Waals surface area contributed by atoms with E-state index in [1.54, 1.807) is 11.3 Å². The van der Waals surface area contributed by atoms with Gasteiger partial charge < -0.3 is 0 Å². The van der Waals surface area contributed by atoms with Gasteiger partial charge in [0.2, 0.25) is 0 Å². The molecule has 1 atom stereocenters. The summed E-state index contributed by atoms with van der Waals surface area (Å²) >= 11 is 13.4. The van der Waals surface area contributed by atoms with Gasteiger partial charge in [0, 0.05) is 17.5 Å². The first kappa shape index (κ1) is 14.1. The Morgan fingerprint density at radius 2 is 2.30 bits per heavy atom. The average Bonchev–Trinajstić information content (AvgIpc) is 3.09. The minimum Gasteiger partial charge on any atom is -0.276 e. The Morgan fingerprint density at radius 3 is 3.05 bits per heavy atom. The Kier molecular flexibility index (Phi) is 4.12. The SMILES string of the molecule is O=c1c(Cl)c(Cl)cnn1CN1CCC[C@H]1c1cccs1. The first-order chi connectivity index (χ1) is 9.66. The van der Waals surface area contributed by atoms with Gasteiger partial charge in [-0.3, -0.25) is 9.69 Å². The molecule has 7 heteroatoms. The molecule has 0 aliphatic carbocycles. The van der Waals surface area contributed by atoms with Crippen LogP contribution in [0.5, 0.6) is 0 Å². The number of thiophene rings is 1. The summed E-state index contributed by atoms with van der Waals surface area (Å²) in [5.41, 5.74) is -0.337. The van der Waals surface area contributed by atoms with Gasteiger partial charge in [0.05, 0.1) is 17.9 Å². The lowest BCUT2D eigenvalue weighted by atomic mass is 10.2. The monoisotopic (exact) mass is 329 g/mol. The minimum absolute atomic E-state index is 0.0357. The van der Waals surface area contributed by atoms with Crippen LogP contribution in [0.25, 0.3) is 0 Å². The highest BCUT2D eigenvalue weighted by Crippen LogP contribution is 2.34. The summed E-state index contributed by atoms with van der Waals surface area (Å²) in [4.78, 5) is 15.6. The summed E-state index contributed by atoms with van der Waals surface area (Å²) in [6.07, 6.45) is 3.65. The summed E-state index contributed by atoms with van der Waals surface area (Å²) in [6.45, 7) is 1.40. The Bertz CT molecular complexity index is 656. The highest BCUT2D eigenvalue weighted by molar-refractivity contribution is 7.10. The topological polar surface area (TPSA) is 38.1 Å². The number of nitrogens with zero attached hydrogens (tertiary/aromatic N) is 3.